The third-order valence-electron chi connectivity index (χ3n) is 6.64. The second-order valence-electron chi connectivity index (χ2n) is 10.7. The highest BCUT2D eigenvalue weighted by Gasteiger charge is 2.31. The van der Waals surface area contributed by atoms with Crippen LogP contribution in [0.3, 0.4) is 0 Å². The van der Waals surface area contributed by atoms with Crippen molar-refractivity contribution in [3.8, 4) is 11.1 Å². The Bertz CT molecular complexity index is 1440. The maximum absolute atomic E-state index is 13.3. The number of hydrogen-bond donors (Lipinski definition) is 3. The Morgan fingerprint density at radius 3 is 2.24 bits per heavy atom. The molecule has 11 heteroatoms. The van der Waals surface area contributed by atoms with Crippen LogP contribution in [0.15, 0.2) is 77.7 Å². The molecule has 0 spiro atoms. The van der Waals surface area contributed by atoms with Crippen molar-refractivity contribution in [1.82, 2.24) is 9.62 Å². The molecule has 0 heterocycles. The fourth-order valence-corrected chi connectivity index (χ4v) is 5.67. The maximum atomic E-state index is 13.3. The number of aliphatic hydroxyl groups excluding tert-OH is 1. The molecule has 0 aliphatic rings. The molecule has 0 amide bonds. The van der Waals surface area contributed by atoms with E-state index in [4.69, 9.17) is 5.11 Å². The predicted octanol–water partition coefficient (Wildman–Crippen LogP) is 4.98. The van der Waals surface area contributed by atoms with E-state index in [0.717, 1.165) is 27.6 Å². The number of carboxylic acid groups (broad SMARTS) is 1. The number of aryl methyl sites for hydroxylation is 1. The molecule has 0 saturated carbocycles. The average molecular weight is 593 g/mol. The first-order valence-corrected chi connectivity index (χ1v) is 14.5. The number of sulfonamides is 1. The van der Waals surface area contributed by atoms with Gasteiger partial charge in [0, 0.05) is 32.1 Å². The van der Waals surface area contributed by atoms with Crippen LogP contribution in [-0.2, 0) is 33.8 Å². The lowest BCUT2D eigenvalue weighted by Gasteiger charge is -2.29. The lowest BCUT2D eigenvalue weighted by atomic mass is 9.93. The van der Waals surface area contributed by atoms with Crippen LogP contribution < -0.4 is 5.32 Å². The minimum atomic E-state index is -4.44. The summed E-state index contributed by atoms with van der Waals surface area (Å²) >= 11 is 0. The Labute approximate surface area is 238 Å². The highest BCUT2D eigenvalue weighted by molar-refractivity contribution is 7.89. The summed E-state index contributed by atoms with van der Waals surface area (Å²) in [6.07, 6.45) is -4.82. The fourth-order valence-electron chi connectivity index (χ4n) is 4.42. The molecule has 7 nitrogen and oxygen atoms in total. The van der Waals surface area contributed by atoms with Crippen molar-refractivity contribution >= 4 is 16.0 Å². The molecule has 0 aliphatic carbocycles. The molecule has 0 fully saturated rings. The molecule has 0 aromatic heterocycles. The minimum Gasteiger partial charge on any atom is -0.481 e. The molecular formula is C30H35F3N2O5S. The van der Waals surface area contributed by atoms with Gasteiger partial charge in [0.2, 0.25) is 10.0 Å². The summed E-state index contributed by atoms with van der Waals surface area (Å²) in [6, 6.07) is 18.7. The van der Waals surface area contributed by atoms with Crippen LogP contribution in [0.1, 0.15) is 37.0 Å². The molecule has 0 saturated heterocycles. The van der Waals surface area contributed by atoms with Crippen molar-refractivity contribution in [1.29, 1.82) is 0 Å². The van der Waals surface area contributed by atoms with Gasteiger partial charge in [-0.1, -0.05) is 54.6 Å². The van der Waals surface area contributed by atoms with Crippen molar-refractivity contribution < 1.29 is 36.6 Å². The van der Waals surface area contributed by atoms with Gasteiger partial charge in [-0.15, -0.1) is 0 Å². The van der Waals surface area contributed by atoms with Crippen molar-refractivity contribution in [2.45, 2.75) is 55.8 Å². The summed E-state index contributed by atoms with van der Waals surface area (Å²) in [6.45, 7) is 3.42. The predicted molar refractivity (Wildman–Crippen MR) is 151 cm³/mol. The molecule has 0 radical (unpaired) electrons. The highest BCUT2D eigenvalue weighted by Crippen LogP contribution is 2.30. The minimum absolute atomic E-state index is 0.0219. The molecule has 0 aliphatic heterocycles. The SMILES string of the molecule is CN(C[C@H](O)CNC(C)(C)Cc1cccc(C(F)(F)F)c1)S(=O)(=O)c1cccc(-c2ccc(CCC(=O)O)cc2)c1. The van der Waals surface area contributed by atoms with E-state index in [1.807, 2.05) is 24.3 Å². The summed E-state index contributed by atoms with van der Waals surface area (Å²) in [5.41, 5.74) is 1.40. The van der Waals surface area contributed by atoms with E-state index in [1.54, 1.807) is 38.1 Å². The Hall–Kier alpha value is -3.25. The summed E-state index contributed by atoms with van der Waals surface area (Å²) in [5, 5.41) is 22.6. The van der Waals surface area contributed by atoms with Crippen LogP contribution in [0.25, 0.3) is 11.1 Å². The molecule has 1 atom stereocenters. The van der Waals surface area contributed by atoms with E-state index in [-0.39, 0.29) is 30.8 Å². The molecule has 41 heavy (non-hydrogen) atoms. The third kappa shape index (κ3) is 9.39. The van der Waals surface area contributed by atoms with Gasteiger partial charge in [-0.05, 0) is 67.1 Å². The van der Waals surface area contributed by atoms with E-state index in [0.29, 0.717) is 17.5 Å². The summed E-state index contributed by atoms with van der Waals surface area (Å²) in [7, 11) is -2.57. The fraction of sp³-hybridized carbons (Fsp3) is 0.367. The van der Waals surface area contributed by atoms with Gasteiger partial charge in [0.15, 0.2) is 0 Å². The first-order chi connectivity index (χ1) is 19.1. The summed E-state index contributed by atoms with van der Waals surface area (Å²) < 4.78 is 66.7. The van der Waals surface area contributed by atoms with Crippen molar-refractivity contribution in [3.63, 3.8) is 0 Å². The van der Waals surface area contributed by atoms with E-state index < -0.39 is 39.4 Å². The smallest absolute Gasteiger partial charge is 0.416 e. The van der Waals surface area contributed by atoms with Crippen molar-refractivity contribution in [3.05, 3.63) is 89.5 Å². The van der Waals surface area contributed by atoms with Gasteiger partial charge >= 0.3 is 12.1 Å². The van der Waals surface area contributed by atoms with Crippen LogP contribution in [0.4, 0.5) is 13.2 Å². The van der Waals surface area contributed by atoms with Gasteiger partial charge < -0.3 is 15.5 Å². The van der Waals surface area contributed by atoms with Crippen LogP contribution in [0.5, 0.6) is 0 Å². The van der Waals surface area contributed by atoms with Gasteiger partial charge in [0.25, 0.3) is 0 Å². The van der Waals surface area contributed by atoms with Crippen LogP contribution in [0, 0.1) is 0 Å². The zero-order chi connectivity index (χ0) is 30.4. The number of nitrogens with one attached hydrogen (secondary N) is 1. The second kappa shape index (κ2) is 13.2. The van der Waals surface area contributed by atoms with Gasteiger partial charge in [0.1, 0.15) is 0 Å². The molecule has 3 aromatic rings. The monoisotopic (exact) mass is 592 g/mol. The molecule has 3 aromatic carbocycles. The first-order valence-electron chi connectivity index (χ1n) is 13.0. The topological polar surface area (TPSA) is 107 Å². The second-order valence-corrected chi connectivity index (χ2v) is 12.7. The lowest BCUT2D eigenvalue weighted by Crippen LogP contribution is -2.47. The van der Waals surface area contributed by atoms with Crippen LogP contribution in [0.2, 0.25) is 0 Å². The van der Waals surface area contributed by atoms with Gasteiger partial charge in [-0.2, -0.15) is 17.5 Å². The third-order valence-corrected chi connectivity index (χ3v) is 8.46. The van der Waals surface area contributed by atoms with Crippen molar-refractivity contribution in [2.75, 3.05) is 20.1 Å². The van der Waals surface area contributed by atoms with E-state index in [1.165, 1.54) is 19.2 Å². The Morgan fingerprint density at radius 2 is 1.61 bits per heavy atom. The van der Waals surface area contributed by atoms with E-state index >= 15 is 0 Å². The van der Waals surface area contributed by atoms with Crippen LogP contribution in [-0.4, -0.2) is 60.7 Å². The molecule has 3 rings (SSSR count). The Morgan fingerprint density at radius 1 is 0.951 bits per heavy atom. The number of carboxylic acids is 1. The normalized spacial score (nSPS) is 13.4. The number of hydrogen-bond acceptors (Lipinski definition) is 5. The number of β-amino-alcohol motifs (C(OH)–C–C–N with tert-alkyl or cyclic N) is 1. The molecular weight excluding hydrogens is 557 g/mol. The maximum Gasteiger partial charge on any atom is 0.416 e. The number of benzene rings is 3. The number of likely N-dealkylation sites (N-methyl/N-ethyl adjacent to an activating group) is 1. The van der Waals surface area contributed by atoms with Gasteiger partial charge in [0.05, 0.1) is 16.6 Å². The van der Waals surface area contributed by atoms with Gasteiger partial charge in [-0.3, -0.25) is 4.79 Å². The highest BCUT2D eigenvalue weighted by atomic mass is 32.2. The standard InChI is InChI=1S/C30H35F3N2O5S/c1-29(2,18-22-6-4-8-25(16-22)30(31,32)33)34-19-26(36)20-35(3)41(39,40)27-9-5-7-24(17-27)23-13-10-21(11-14-23)12-15-28(37)38/h4-11,13-14,16-17,26,34,36H,12,15,18-20H2,1-3H3,(H,37,38)/t26-/m1/s1. The first kappa shape index (κ1) is 32.3. The summed E-state index contributed by atoms with van der Waals surface area (Å²) in [4.78, 5) is 10.8. The summed E-state index contributed by atoms with van der Waals surface area (Å²) in [5.74, 6) is -0.879. The zero-order valence-electron chi connectivity index (χ0n) is 23.1. The number of alkyl halides is 3. The largest absolute Gasteiger partial charge is 0.481 e. The number of aliphatic hydroxyl groups is 1. The van der Waals surface area contributed by atoms with Gasteiger partial charge in [-0.25, -0.2) is 8.42 Å². The number of halogens is 3. The zero-order valence-corrected chi connectivity index (χ0v) is 24.0. The average Bonchev–Trinajstić information content (AvgIpc) is 2.90. The van der Waals surface area contributed by atoms with E-state index in [9.17, 15) is 31.5 Å². The number of carbonyl (C=O) groups is 1. The number of nitrogens with zero attached hydrogens (tertiary/aromatic N) is 1. The lowest BCUT2D eigenvalue weighted by molar-refractivity contribution is -0.138. The Kier molecular flexibility index (Phi) is 10.4. The van der Waals surface area contributed by atoms with Crippen molar-refractivity contribution in [2.24, 2.45) is 0 Å². The molecule has 222 valence electrons. The quantitative estimate of drug-likeness (QED) is 0.259. The molecule has 0 unspecified atom stereocenters. The number of rotatable bonds is 13. The molecule has 0 bridgehead atoms. The number of aliphatic carboxylic acids is 1. The van der Waals surface area contributed by atoms with Crippen LogP contribution >= 0.6 is 0 Å². The molecule has 3 N–H and O–H groups in total. The van der Waals surface area contributed by atoms with E-state index in [2.05, 4.69) is 5.32 Å². The Balaban J connectivity index is 1.61.